The van der Waals surface area contributed by atoms with E-state index in [2.05, 4.69) is 29.6 Å². The van der Waals surface area contributed by atoms with Gasteiger partial charge in [-0.1, -0.05) is 50.6 Å². The molecule has 5 nitrogen and oxygen atoms in total. The first-order chi connectivity index (χ1) is 17.7. The Morgan fingerprint density at radius 2 is 1.92 bits per heavy atom. The number of aryl methyl sites for hydroxylation is 1. The van der Waals surface area contributed by atoms with Crippen molar-refractivity contribution < 1.29 is 27.8 Å². The van der Waals surface area contributed by atoms with Crippen LogP contribution in [-0.4, -0.2) is 25.2 Å². The van der Waals surface area contributed by atoms with Crippen LogP contribution in [0.25, 0.3) is 11.1 Å². The molecule has 1 unspecified atom stereocenters. The van der Waals surface area contributed by atoms with E-state index in [1.54, 1.807) is 24.3 Å². The lowest BCUT2D eigenvalue weighted by molar-refractivity contribution is -0.140. The van der Waals surface area contributed by atoms with Crippen LogP contribution >= 0.6 is 0 Å². The number of hydrogen-bond acceptors (Lipinski definition) is 5. The van der Waals surface area contributed by atoms with E-state index < -0.39 is 17.6 Å². The fourth-order valence-electron chi connectivity index (χ4n) is 5.24. The second-order valence-corrected chi connectivity index (χ2v) is 10.2. The Bertz CT molecular complexity index is 1270. The first-order valence-electron chi connectivity index (χ1n) is 12.5. The first-order valence-corrected chi connectivity index (χ1v) is 12.5. The number of nitrogens with zero attached hydrogens (tertiary/aromatic N) is 1. The number of methoxy groups -OCH3 is 2. The maximum atomic E-state index is 15.0. The molecule has 37 heavy (non-hydrogen) atoms. The molecule has 1 heterocycles. The minimum atomic E-state index is -0.480. The number of esters is 1. The van der Waals surface area contributed by atoms with Gasteiger partial charge >= 0.3 is 5.97 Å². The highest BCUT2D eigenvalue weighted by molar-refractivity contribution is 5.70. The van der Waals surface area contributed by atoms with E-state index in [9.17, 15) is 9.18 Å². The van der Waals surface area contributed by atoms with Crippen molar-refractivity contribution in [1.82, 2.24) is 4.98 Å². The summed E-state index contributed by atoms with van der Waals surface area (Å²) in [6, 6.07) is 12.4. The van der Waals surface area contributed by atoms with Gasteiger partial charge in [0, 0.05) is 18.1 Å². The third-order valence-electron chi connectivity index (χ3n) is 7.34. The lowest BCUT2D eigenvalue weighted by atomic mass is 9.75. The molecular weight excluding hydrogens is 476 g/mol. The van der Waals surface area contributed by atoms with Crippen molar-refractivity contribution in [1.29, 1.82) is 0 Å². The number of aromatic nitrogens is 1. The molecule has 1 fully saturated rings. The number of carbonyl (C=O) groups is 1. The molecule has 1 saturated carbocycles. The van der Waals surface area contributed by atoms with Gasteiger partial charge in [0.05, 0.1) is 20.4 Å². The topological polar surface area (TPSA) is 57.7 Å². The van der Waals surface area contributed by atoms with E-state index in [0.29, 0.717) is 17.0 Å². The van der Waals surface area contributed by atoms with Gasteiger partial charge in [0.1, 0.15) is 12.4 Å². The quantitative estimate of drug-likeness (QED) is 0.290. The fourth-order valence-corrected chi connectivity index (χ4v) is 5.24. The number of halogens is 2. The van der Waals surface area contributed by atoms with Crippen LogP contribution < -0.4 is 9.47 Å². The van der Waals surface area contributed by atoms with E-state index in [0.717, 1.165) is 36.0 Å². The Balaban J connectivity index is 1.64. The molecule has 0 bridgehead atoms. The van der Waals surface area contributed by atoms with Crippen molar-refractivity contribution in [3.05, 3.63) is 77.0 Å². The maximum Gasteiger partial charge on any atom is 0.305 e. The predicted octanol–water partition coefficient (Wildman–Crippen LogP) is 7.01. The zero-order chi connectivity index (χ0) is 26.6. The minimum Gasteiger partial charge on any atom is -0.486 e. The number of ether oxygens (including phenoxy) is 3. The molecule has 4 rings (SSSR count). The molecule has 1 aromatic heterocycles. The van der Waals surface area contributed by atoms with E-state index in [4.69, 9.17) is 9.47 Å². The molecule has 7 heteroatoms. The van der Waals surface area contributed by atoms with Crippen LogP contribution in [0.2, 0.25) is 0 Å². The van der Waals surface area contributed by atoms with Crippen molar-refractivity contribution in [3.8, 4) is 22.8 Å². The minimum absolute atomic E-state index is 0.0574. The van der Waals surface area contributed by atoms with E-state index >= 15 is 4.39 Å². The lowest BCUT2D eigenvalue weighted by Gasteiger charge is -2.30. The molecule has 0 amide bonds. The van der Waals surface area contributed by atoms with E-state index in [1.807, 2.05) is 12.1 Å². The van der Waals surface area contributed by atoms with Gasteiger partial charge < -0.3 is 14.2 Å². The highest BCUT2D eigenvalue weighted by atomic mass is 19.1. The normalized spacial score (nSPS) is 16.4. The van der Waals surface area contributed by atoms with Crippen molar-refractivity contribution in [2.75, 3.05) is 14.2 Å². The molecule has 0 saturated heterocycles. The zero-order valence-corrected chi connectivity index (χ0v) is 21.8. The first kappa shape index (κ1) is 26.6. The maximum absolute atomic E-state index is 15.0. The highest BCUT2D eigenvalue weighted by Gasteiger charge is 2.37. The number of carbonyl (C=O) groups excluding carboxylic acids is 1. The number of hydrogen-bond donors (Lipinski definition) is 0. The standard InChI is InChI=1S/C30H33F2NO4/c1-30(2)14-6-8-24(30)22-15-19(10-12-21(22)23-16-27(35-3)33-17-25(23)31)18-37-26-9-5-7-20(29(26)32)11-13-28(34)36-4/h5,7,9-10,12,15-17,24H,6,8,11,13-14,18H2,1-4H3. The van der Waals surface area contributed by atoms with E-state index in [-0.39, 0.29) is 36.5 Å². The molecular formula is C30H33F2NO4. The van der Waals surface area contributed by atoms with Crippen molar-refractivity contribution in [2.24, 2.45) is 5.41 Å². The van der Waals surface area contributed by atoms with Crippen LogP contribution in [0.1, 0.15) is 62.1 Å². The lowest BCUT2D eigenvalue weighted by Crippen LogP contribution is -2.17. The third-order valence-corrected chi connectivity index (χ3v) is 7.34. The summed E-state index contributed by atoms with van der Waals surface area (Å²) in [6.07, 6.45) is 4.70. The second kappa shape index (κ2) is 11.3. The van der Waals surface area contributed by atoms with Gasteiger partial charge in [-0.05, 0) is 58.9 Å². The Morgan fingerprint density at radius 3 is 2.62 bits per heavy atom. The summed E-state index contributed by atoms with van der Waals surface area (Å²) in [5, 5.41) is 0. The SMILES string of the molecule is COC(=O)CCc1cccc(OCc2ccc(-c3cc(OC)ncc3F)c(C3CCCC3(C)C)c2)c1F. The Morgan fingerprint density at radius 1 is 1.11 bits per heavy atom. The average molecular weight is 510 g/mol. The number of pyridine rings is 1. The summed E-state index contributed by atoms with van der Waals surface area (Å²) < 4.78 is 45.7. The smallest absolute Gasteiger partial charge is 0.305 e. The number of benzene rings is 2. The van der Waals surface area contributed by atoms with Crippen LogP contribution in [-0.2, 0) is 22.6 Å². The molecule has 0 N–H and O–H groups in total. The Labute approximate surface area is 216 Å². The van der Waals surface area contributed by atoms with Crippen molar-refractivity contribution in [2.45, 2.75) is 58.5 Å². The molecule has 3 aromatic rings. The molecule has 0 radical (unpaired) electrons. The largest absolute Gasteiger partial charge is 0.486 e. The molecule has 0 spiro atoms. The molecule has 0 aliphatic heterocycles. The third kappa shape index (κ3) is 5.92. The van der Waals surface area contributed by atoms with Gasteiger partial charge in [0.2, 0.25) is 5.88 Å². The summed E-state index contributed by atoms with van der Waals surface area (Å²) >= 11 is 0. The van der Waals surface area contributed by atoms with E-state index in [1.165, 1.54) is 20.4 Å². The summed E-state index contributed by atoms with van der Waals surface area (Å²) in [5.74, 6) is -0.572. The van der Waals surface area contributed by atoms with Gasteiger partial charge in [-0.25, -0.2) is 13.8 Å². The van der Waals surface area contributed by atoms with Crippen molar-refractivity contribution in [3.63, 3.8) is 0 Å². The fraction of sp³-hybridized carbons (Fsp3) is 0.400. The Kier molecular flexibility index (Phi) is 8.10. The summed E-state index contributed by atoms with van der Waals surface area (Å²) in [7, 11) is 2.82. The molecule has 196 valence electrons. The van der Waals surface area contributed by atoms with Crippen LogP contribution in [0.5, 0.6) is 11.6 Å². The van der Waals surface area contributed by atoms with Crippen LogP contribution in [0.3, 0.4) is 0 Å². The summed E-state index contributed by atoms with van der Waals surface area (Å²) in [5.41, 5.74) is 3.61. The Hall–Kier alpha value is -3.48. The molecule has 2 aromatic carbocycles. The van der Waals surface area contributed by atoms with Crippen molar-refractivity contribution >= 4 is 5.97 Å². The van der Waals surface area contributed by atoms with Gasteiger partial charge in [0.25, 0.3) is 0 Å². The predicted molar refractivity (Wildman–Crippen MR) is 138 cm³/mol. The number of rotatable bonds is 9. The molecule has 1 aliphatic rings. The highest BCUT2D eigenvalue weighted by Crippen LogP contribution is 2.51. The van der Waals surface area contributed by atoms with Gasteiger partial charge in [-0.2, -0.15) is 0 Å². The van der Waals surface area contributed by atoms with Gasteiger partial charge in [-0.3, -0.25) is 4.79 Å². The van der Waals surface area contributed by atoms with Crippen LogP contribution in [0.15, 0.2) is 48.7 Å². The van der Waals surface area contributed by atoms with Crippen LogP contribution in [0, 0.1) is 17.0 Å². The molecule has 1 atom stereocenters. The van der Waals surface area contributed by atoms with Gasteiger partial charge in [0.15, 0.2) is 11.6 Å². The monoisotopic (exact) mass is 509 g/mol. The average Bonchev–Trinajstić information content (AvgIpc) is 3.26. The molecule has 1 aliphatic carbocycles. The van der Waals surface area contributed by atoms with Gasteiger partial charge in [-0.15, -0.1) is 0 Å². The van der Waals surface area contributed by atoms with Crippen LogP contribution in [0.4, 0.5) is 8.78 Å². The summed E-state index contributed by atoms with van der Waals surface area (Å²) in [6.45, 7) is 4.65. The second-order valence-electron chi connectivity index (χ2n) is 10.2. The summed E-state index contributed by atoms with van der Waals surface area (Å²) in [4.78, 5) is 15.4. The zero-order valence-electron chi connectivity index (χ0n) is 21.8.